The van der Waals surface area contributed by atoms with Crippen LogP contribution in [-0.4, -0.2) is 18.8 Å². The summed E-state index contributed by atoms with van der Waals surface area (Å²) in [5.41, 5.74) is 0.254. The van der Waals surface area contributed by atoms with Gasteiger partial charge in [0.15, 0.2) is 0 Å². The minimum Gasteiger partial charge on any atom is -0.373 e. The highest BCUT2D eigenvalue weighted by atomic mass is 19.1. The SMILES string of the molecule is CCN[C@]1(c2ccccc2F)CCCCC12CCO2. The van der Waals surface area contributed by atoms with Crippen LogP contribution in [0.2, 0.25) is 0 Å². The number of hydrogen-bond acceptors (Lipinski definition) is 2. The molecule has 0 aromatic heterocycles. The van der Waals surface area contributed by atoms with E-state index in [1.54, 1.807) is 12.1 Å². The molecule has 1 aromatic rings. The van der Waals surface area contributed by atoms with Crippen LogP contribution in [-0.2, 0) is 10.3 Å². The van der Waals surface area contributed by atoms with Crippen LogP contribution < -0.4 is 5.32 Å². The maximum Gasteiger partial charge on any atom is 0.128 e. The zero-order valence-electron chi connectivity index (χ0n) is 11.5. The molecule has 1 N–H and O–H groups in total. The van der Waals surface area contributed by atoms with Crippen molar-refractivity contribution in [1.29, 1.82) is 0 Å². The molecule has 2 fully saturated rings. The van der Waals surface area contributed by atoms with Crippen molar-refractivity contribution >= 4 is 0 Å². The first kappa shape index (κ1) is 13.1. The molecule has 1 heterocycles. The summed E-state index contributed by atoms with van der Waals surface area (Å²) >= 11 is 0. The number of likely N-dealkylation sites (N-methyl/N-ethyl adjacent to an activating group) is 1. The fourth-order valence-corrected chi connectivity index (χ4v) is 3.96. The molecule has 1 aromatic carbocycles. The molecule has 1 saturated carbocycles. The maximum atomic E-state index is 14.4. The number of rotatable bonds is 3. The summed E-state index contributed by atoms with van der Waals surface area (Å²) in [5.74, 6) is -0.111. The molecule has 104 valence electrons. The third-order valence-corrected chi connectivity index (χ3v) is 4.86. The van der Waals surface area contributed by atoms with Crippen molar-refractivity contribution in [2.75, 3.05) is 13.2 Å². The molecule has 3 rings (SSSR count). The van der Waals surface area contributed by atoms with Gasteiger partial charge in [0.2, 0.25) is 0 Å². The Labute approximate surface area is 114 Å². The van der Waals surface area contributed by atoms with E-state index >= 15 is 0 Å². The summed E-state index contributed by atoms with van der Waals surface area (Å²) in [4.78, 5) is 0. The zero-order valence-corrected chi connectivity index (χ0v) is 11.5. The van der Waals surface area contributed by atoms with Crippen LogP contribution in [0, 0.1) is 5.82 Å². The number of ether oxygens (including phenoxy) is 1. The molecular formula is C16H22FNO. The van der Waals surface area contributed by atoms with Crippen LogP contribution in [0.25, 0.3) is 0 Å². The van der Waals surface area contributed by atoms with Crippen molar-refractivity contribution in [1.82, 2.24) is 5.32 Å². The van der Waals surface area contributed by atoms with Gasteiger partial charge in [-0.1, -0.05) is 38.0 Å². The highest BCUT2D eigenvalue weighted by Gasteiger charge is 2.58. The standard InChI is InChI=1S/C16H22FNO/c1-2-18-16(13-7-3-4-8-14(13)17)10-6-5-9-15(16)11-12-19-15/h3-4,7-8,18H,2,5-6,9-12H2,1H3/t15?,16-/m0/s1. The van der Waals surface area contributed by atoms with Crippen molar-refractivity contribution in [3.63, 3.8) is 0 Å². The van der Waals surface area contributed by atoms with Crippen molar-refractivity contribution in [2.24, 2.45) is 0 Å². The van der Waals surface area contributed by atoms with Crippen molar-refractivity contribution in [3.8, 4) is 0 Å². The van der Waals surface area contributed by atoms with Crippen LogP contribution in [0.5, 0.6) is 0 Å². The maximum absolute atomic E-state index is 14.4. The van der Waals surface area contributed by atoms with Crippen LogP contribution in [0.15, 0.2) is 24.3 Å². The number of hydrogen-bond donors (Lipinski definition) is 1. The Bertz CT molecular complexity index is 454. The summed E-state index contributed by atoms with van der Waals surface area (Å²) in [6, 6.07) is 7.18. The summed E-state index contributed by atoms with van der Waals surface area (Å²) in [7, 11) is 0. The quantitative estimate of drug-likeness (QED) is 0.903. The first-order valence-electron chi connectivity index (χ1n) is 7.38. The van der Waals surface area contributed by atoms with Gasteiger partial charge in [-0.15, -0.1) is 0 Å². The molecule has 1 aliphatic heterocycles. The summed E-state index contributed by atoms with van der Waals surface area (Å²) in [6.45, 7) is 3.73. The molecular weight excluding hydrogens is 241 g/mol. The van der Waals surface area contributed by atoms with E-state index in [1.807, 2.05) is 12.1 Å². The average molecular weight is 263 g/mol. The minimum absolute atomic E-state index is 0.111. The smallest absolute Gasteiger partial charge is 0.128 e. The molecule has 0 radical (unpaired) electrons. The second-order valence-electron chi connectivity index (χ2n) is 5.72. The number of nitrogens with one attached hydrogen (secondary N) is 1. The molecule has 2 atom stereocenters. The van der Waals surface area contributed by atoms with Gasteiger partial charge in [0, 0.05) is 12.0 Å². The Kier molecular flexibility index (Phi) is 3.35. The fraction of sp³-hybridized carbons (Fsp3) is 0.625. The molecule has 0 bridgehead atoms. The first-order chi connectivity index (χ1) is 9.24. The third-order valence-electron chi connectivity index (χ3n) is 4.86. The van der Waals surface area contributed by atoms with Gasteiger partial charge in [0.25, 0.3) is 0 Å². The molecule has 1 spiro atoms. The monoisotopic (exact) mass is 263 g/mol. The summed E-state index contributed by atoms with van der Waals surface area (Å²) < 4.78 is 20.4. The van der Waals surface area contributed by atoms with Gasteiger partial charge in [0.05, 0.1) is 17.7 Å². The van der Waals surface area contributed by atoms with E-state index in [9.17, 15) is 4.39 Å². The molecule has 3 heteroatoms. The second-order valence-corrected chi connectivity index (χ2v) is 5.72. The molecule has 1 saturated heterocycles. The van der Waals surface area contributed by atoms with Gasteiger partial charge in [-0.05, 0) is 25.5 Å². The van der Waals surface area contributed by atoms with Crippen LogP contribution in [0.1, 0.15) is 44.6 Å². The van der Waals surface area contributed by atoms with Crippen LogP contribution in [0.3, 0.4) is 0 Å². The van der Waals surface area contributed by atoms with E-state index in [4.69, 9.17) is 4.74 Å². The van der Waals surface area contributed by atoms with E-state index in [0.717, 1.165) is 44.4 Å². The van der Waals surface area contributed by atoms with Gasteiger partial charge < -0.3 is 10.1 Å². The van der Waals surface area contributed by atoms with Crippen LogP contribution >= 0.6 is 0 Å². The first-order valence-corrected chi connectivity index (χ1v) is 7.38. The van der Waals surface area contributed by atoms with E-state index in [0.29, 0.717) is 0 Å². The Balaban J connectivity index is 2.09. The molecule has 2 aliphatic rings. The van der Waals surface area contributed by atoms with Gasteiger partial charge >= 0.3 is 0 Å². The average Bonchev–Trinajstić information content (AvgIpc) is 2.38. The molecule has 1 aliphatic carbocycles. The largest absolute Gasteiger partial charge is 0.373 e. The fourth-order valence-electron chi connectivity index (χ4n) is 3.96. The Morgan fingerprint density at radius 3 is 2.58 bits per heavy atom. The van der Waals surface area contributed by atoms with E-state index in [-0.39, 0.29) is 17.0 Å². The molecule has 0 amide bonds. The molecule has 2 nitrogen and oxygen atoms in total. The van der Waals surface area contributed by atoms with E-state index in [2.05, 4.69) is 12.2 Å². The zero-order chi connectivity index (χ0) is 13.3. The van der Waals surface area contributed by atoms with E-state index in [1.165, 1.54) is 6.42 Å². The van der Waals surface area contributed by atoms with Crippen molar-refractivity contribution < 1.29 is 9.13 Å². The van der Waals surface area contributed by atoms with Gasteiger partial charge in [-0.2, -0.15) is 0 Å². The summed E-state index contributed by atoms with van der Waals surface area (Å²) in [5, 5.41) is 3.58. The predicted molar refractivity (Wildman–Crippen MR) is 73.5 cm³/mol. The van der Waals surface area contributed by atoms with E-state index < -0.39 is 0 Å². The normalized spacial score (nSPS) is 34.2. The van der Waals surface area contributed by atoms with Crippen LogP contribution in [0.4, 0.5) is 4.39 Å². The van der Waals surface area contributed by atoms with Gasteiger partial charge in [-0.25, -0.2) is 4.39 Å². The van der Waals surface area contributed by atoms with Crippen molar-refractivity contribution in [2.45, 2.75) is 50.2 Å². The highest BCUT2D eigenvalue weighted by molar-refractivity contribution is 5.33. The minimum atomic E-state index is -0.344. The Morgan fingerprint density at radius 1 is 1.21 bits per heavy atom. The number of halogens is 1. The second kappa shape index (κ2) is 4.88. The summed E-state index contributed by atoms with van der Waals surface area (Å²) in [6.07, 6.45) is 5.35. The molecule has 19 heavy (non-hydrogen) atoms. The number of benzene rings is 1. The van der Waals surface area contributed by atoms with Gasteiger partial charge in [-0.3, -0.25) is 0 Å². The Morgan fingerprint density at radius 2 is 1.95 bits per heavy atom. The lowest BCUT2D eigenvalue weighted by Crippen LogP contribution is -2.67. The predicted octanol–water partition coefficient (Wildman–Crippen LogP) is 3.36. The van der Waals surface area contributed by atoms with Crippen molar-refractivity contribution in [3.05, 3.63) is 35.6 Å². The lowest BCUT2D eigenvalue weighted by molar-refractivity contribution is -0.219. The molecule has 1 unspecified atom stereocenters. The Hall–Kier alpha value is -0.930. The lowest BCUT2D eigenvalue weighted by atomic mass is 9.62. The highest BCUT2D eigenvalue weighted by Crippen LogP contribution is 2.53. The lowest BCUT2D eigenvalue weighted by Gasteiger charge is -2.58. The van der Waals surface area contributed by atoms with Gasteiger partial charge in [0.1, 0.15) is 5.82 Å². The topological polar surface area (TPSA) is 21.3 Å². The third kappa shape index (κ3) is 1.83.